The molecule has 3 rings (SSSR count). The van der Waals surface area contributed by atoms with Gasteiger partial charge in [-0.05, 0) is 59.3 Å². The number of nitrogens with one attached hydrogen (secondary N) is 1. The first-order valence-corrected chi connectivity index (χ1v) is 9.41. The van der Waals surface area contributed by atoms with Crippen LogP contribution in [0.15, 0.2) is 47.6 Å². The number of aryl methyl sites for hydroxylation is 1. The lowest BCUT2D eigenvalue weighted by Gasteiger charge is -2.10. The Hall–Kier alpha value is -2.79. The number of anilines is 1. The van der Waals surface area contributed by atoms with Gasteiger partial charge < -0.3 is 10.1 Å². The molecule has 12 heteroatoms. The number of tetrazole rings is 1. The van der Waals surface area contributed by atoms with E-state index in [-0.39, 0.29) is 17.4 Å². The number of thioether (sulfide) groups is 1. The van der Waals surface area contributed by atoms with Gasteiger partial charge in [0, 0.05) is 10.7 Å². The van der Waals surface area contributed by atoms with E-state index in [1.54, 1.807) is 12.1 Å². The van der Waals surface area contributed by atoms with Crippen LogP contribution in [0.4, 0.5) is 18.9 Å². The smallest absolute Gasteiger partial charge is 0.406 e. The van der Waals surface area contributed by atoms with Crippen molar-refractivity contribution < 1.29 is 22.7 Å². The minimum atomic E-state index is -4.77. The summed E-state index contributed by atoms with van der Waals surface area (Å²) >= 11 is 7.22. The fourth-order valence-corrected chi connectivity index (χ4v) is 3.08. The number of ether oxygens (including phenoxy) is 1. The largest absolute Gasteiger partial charge is 0.573 e. The Bertz CT molecular complexity index is 1010. The van der Waals surface area contributed by atoms with Gasteiger partial charge in [0.1, 0.15) is 5.75 Å². The van der Waals surface area contributed by atoms with Gasteiger partial charge in [0.15, 0.2) is 0 Å². The summed E-state index contributed by atoms with van der Waals surface area (Å²) in [7, 11) is 0. The summed E-state index contributed by atoms with van der Waals surface area (Å²) in [5, 5.41) is 14.9. The molecular formula is C17H13ClF3N5O2S. The Labute approximate surface area is 172 Å². The number of nitrogens with zero attached hydrogens (tertiary/aromatic N) is 4. The number of amides is 1. The predicted octanol–water partition coefficient (Wildman–Crippen LogP) is 4.25. The number of halogens is 4. The summed E-state index contributed by atoms with van der Waals surface area (Å²) in [5.74, 6) is -0.766. The molecule has 1 N–H and O–H groups in total. The van der Waals surface area contributed by atoms with Crippen molar-refractivity contribution in [1.29, 1.82) is 0 Å². The number of benzene rings is 2. The minimum absolute atomic E-state index is 0.0131. The van der Waals surface area contributed by atoms with Crippen molar-refractivity contribution in [3.8, 4) is 11.4 Å². The van der Waals surface area contributed by atoms with Crippen molar-refractivity contribution in [3.63, 3.8) is 0 Å². The zero-order valence-electron chi connectivity index (χ0n) is 14.8. The second-order valence-corrected chi connectivity index (χ2v) is 7.07. The molecule has 0 aliphatic carbocycles. The van der Waals surface area contributed by atoms with E-state index in [0.29, 0.717) is 21.6 Å². The van der Waals surface area contributed by atoms with Crippen LogP contribution in [-0.2, 0) is 4.79 Å². The van der Waals surface area contributed by atoms with Crippen molar-refractivity contribution in [3.05, 3.63) is 53.1 Å². The number of hydrogen-bond donors (Lipinski definition) is 1. The molecular weight excluding hydrogens is 431 g/mol. The summed E-state index contributed by atoms with van der Waals surface area (Å²) < 4.78 is 41.7. The van der Waals surface area contributed by atoms with Gasteiger partial charge in [0.2, 0.25) is 11.1 Å². The third-order valence-electron chi connectivity index (χ3n) is 3.54. The second-order valence-electron chi connectivity index (χ2n) is 5.72. The average molecular weight is 444 g/mol. The van der Waals surface area contributed by atoms with Crippen LogP contribution in [0.3, 0.4) is 0 Å². The Morgan fingerprint density at radius 2 is 1.97 bits per heavy atom. The van der Waals surface area contributed by atoms with Crippen LogP contribution in [-0.4, -0.2) is 38.2 Å². The lowest BCUT2D eigenvalue weighted by Crippen LogP contribution is -2.17. The van der Waals surface area contributed by atoms with Crippen molar-refractivity contribution in [2.75, 3.05) is 11.1 Å². The van der Waals surface area contributed by atoms with Gasteiger partial charge in [-0.15, -0.1) is 18.3 Å². The molecule has 1 amide bonds. The summed E-state index contributed by atoms with van der Waals surface area (Å²) in [5.41, 5.74) is 1.88. The molecule has 1 heterocycles. The summed E-state index contributed by atoms with van der Waals surface area (Å²) in [6.07, 6.45) is -4.77. The fraction of sp³-hybridized carbons (Fsp3) is 0.176. The standard InChI is InChI=1S/C17H13ClF3N5O2S/c1-10-2-5-12(8-14(10)18)26-16(23-24-25-26)29-9-15(27)22-11-3-6-13(7-4-11)28-17(19,20)21/h2-8H,9H2,1H3,(H,22,27). The normalized spacial score (nSPS) is 11.3. The SMILES string of the molecule is Cc1ccc(-n2nnnc2SCC(=O)Nc2ccc(OC(F)(F)F)cc2)cc1Cl. The van der Waals surface area contributed by atoms with Gasteiger partial charge in [-0.3, -0.25) is 4.79 Å². The van der Waals surface area contributed by atoms with Crippen molar-refractivity contribution >= 4 is 35.0 Å². The van der Waals surface area contributed by atoms with E-state index in [1.807, 2.05) is 13.0 Å². The van der Waals surface area contributed by atoms with Crippen LogP contribution in [0.1, 0.15) is 5.56 Å². The monoisotopic (exact) mass is 443 g/mol. The molecule has 0 saturated heterocycles. The quantitative estimate of drug-likeness (QED) is 0.573. The number of rotatable bonds is 6. The maximum atomic E-state index is 12.2. The Morgan fingerprint density at radius 1 is 1.24 bits per heavy atom. The first-order valence-electron chi connectivity index (χ1n) is 8.04. The molecule has 0 atom stereocenters. The molecule has 1 aromatic heterocycles. The fourth-order valence-electron chi connectivity index (χ4n) is 2.21. The zero-order valence-corrected chi connectivity index (χ0v) is 16.3. The average Bonchev–Trinajstić information content (AvgIpc) is 3.11. The Balaban J connectivity index is 1.59. The highest BCUT2D eigenvalue weighted by atomic mass is 35.5. The van der Waals surface area contributed by atoms with Crippen LogP contribution in [0, 0.1) is 6.92 Å². The molecule has 0 fully saturated rings. The highest BCUT2D eigenvalue weighted by molar-refractivity contribution is 7.99. The molecule has 0 radical (unpaired) electrons. The summed E-state index contributed by atoms with van der Waals surface area (Å²) in [6.45, 7) is 1.87. The third kappa shape index (κ3) is 5.84. The van der Waals surface area contributed by atoms with Gasteiger partial charge >= 0.3 is 6.36 Å². The molecule has 0 unspecified atom stereocenters. The minimum Gasteiger partial charge on any atom is -0.406 e. The molecule has 3 aromatic rings. The molecule has 0 bridgehead atoms. The van der Waals surface area contributed by atoms with Gasteiger partial charge in [0.25, 0.3) is 0 Å². The van der Waals surface area contributed by atoms with Crippen LogP contribution < -0.4 is 10.1 Å². The van der Waals surface area contributed by atoms with Gasteiger partial charge in [0.05, 0.1) is 11.4 Å². The van der Waals surface area contributed by atoms with Crippen LogP contribution >= 0.6 is 23.4 Å². The van der Waals surface area contributed by atoms with Crippen LogP contribution in [0.2, 0.25) is 5.02 Å². The number of alkyl halides is 3. The number of hydrogen-bond acceptors (Lipinski definition) is 6. The van der Waals surface area contributed by atoms with E-state index in [4.69, 9.17) is 11.6 Å². The lowest BCUT2D eigenvalue weighted by molar-refractivity contribution is -0.274. The van der Waals surface area contributed by atoms with E-state index in [2.05, 4.69) is 25.6 Å². The highest BCUT2D eigenvalue weighted by Gasteiger charge is 2.30. The second kappa shape index (κ2) is 8.70. The molecule has 7 nitrogen and oxygen atoms in total. The Kier molecular flexibility index (Phi) is 6.28. The van der Waals surface area contributed by atoms with Crippen molar-refractivity contribution in [1.82, 2.24) is 20.2 Å². The molecule has 29 heavy (non-hydrogen) atoms. The van der Waals surface area contributed by atoms with Crippen molar-refractivity contribution in [2.45, 2.75) is 18.4 Å². The predicted molar refractivity (Wildman–Crippen MR) is 101 cm³/mol. The number of carbonyl (C=O) groups excluding carboxylic acids is 1. The maximum absolute atomic E-state index is 12.2. The van der Waals surface area contributed by atoms with E-state index >= 15 is 0 Å². The van der Waals surface area contributed by atoms with Crippen molar-refractivity contribution in [2.24, 2.45) is 0 Å². The van der Waals surface area contributed by atoms with E-state index in [9.17, 15) is 18.0 Å². The van der Waals surface area contributed by atoms with E-state index in [0.717, 1.165) is 29.5 Å². The first kappa shape index (κ1) is 20.9. The molecule has 0 saturated carbocycles. The zero-order chi connectivity index (χ0) is 21.0. The van der Waals surface area contributed by atoms with Crippen LogP contribution in [0.5, 0.6) is 5.75 Å². The van der Waals surface area contributed by atoms with Crippen LogP contribution in [0.25, 0.3) is 5.69 Å². The topological polar surface area (TPSA) is 81.9 Å². The van der Waals surface area contributed by atoms with E-state index in [1.165, 1.54) is 16.8 Å². The lowest BCUT2D eigenvalue weighted by atomic mass is 10.2. The number of aromatic nitrogens is 4. The third-order valence-corrected chi connectivity index (χ3v) is 4.87. The maximum Gasteiger partial charge on any atom is 0.573 e. The summed E-state index contributed by atoms with van der Waals surface area (Å²) in [4.78, 5) is 12.1. The van der Waals surface area contributed by atoms with Gasteiger partial charge in [-0.2, -0.15) is 4.68 Å². The molecule has 0 aliphatic heterocycles. The number of carbonyl (C=O) groups is 1. The Morgan fingerprint density at radius 3 is 2.62 bits per heavy atom. The first-order chi connectivity index (χ1) is 13.7. The highest BCUT2D eigenvalue weighted by Crippen LogP contribution is 2.25. The van der Waals surface area contributed by atoms with Gasteiger partial charge in [-0.25, -0.2) is 0 Å². The van der Waals surface area contributed by atoms with E-state index < -0.39 is 6.36 Å². The molecule has 152 valence electrons. The van der Waals surface area contributed by atoms with Gasteiger partial charge in [-0.1, -0.05) is 29.4 Å². The molecule has 0 spiro atoms. The molecule has 0 aliphatic rings. The summed E-state index contributed by atoms with van der Waals surface area (Å²) in [6, 6.07) is 10.2. The molecule has 2 aromatic carbocycles.